The van der Waals surface area contributed by atoms with Crippen molar-refractivity contribution in [2.45, 2.75) is 6.48 Å². The van der Waals surface area contributed by atoms with Crippen LogP contribution in [-0.2, 0) is 4.43 Å². The fourth-order valence-corrected chi connectivity index (χ4v) is 1.81. The third kappa shape index (κ3) is 2.37. The summed E-state index contributed by atoms with van der Waals surface area (Å²) in [5, 5.41) is 15.4. The van der Waals surface area contributed by atoms with E-state index in [9.17, 15) is 22.0 Å². The summed E-state index contributed by atoms with van der Waals surface area (Å²) in [5.74, 6) is -10.5. The van der Waals surface area contributed by atoms with Gasteiger partial charge in [0.1, 0.15) is 0 Å². The van der Waals surface area contributed by atoms with Crippen molar-refractivity contribution in [3.05, 3.63) is 29.1 Å². The van der Waals surface area contributed by atoms with Crippen LogP contribution in [-0.4, -0.2) is 26.5 Å². The lowest BCUT2D eigenvalue weighted by Crippen LogP contribution is -2.31. The Kier molecular flexibility index (Phi) is 3.96. The predicted octanol–water partition coefficient (Wildman–Crippen LogP) is -0.624. The molecule has 9 heteroatoms. The first-order valence-corrected chi connectivity index (χ1v) is 5.12. The lowest BCUT2D eigenvalue weighted by molar-refractivity contribution is -0.179. The van der Waals surface area contributed by atoms with Gasteiger partial charge in [-0.3, -0.25) is 0 Å². The standard InChI is InChI=1S/C7H5F5O3Si/c8-1-2(9)4(11)6(5(12)3(1)10)16-15-7(13)14/h7,13-14H,16H2. The van der Waals surface area contributed by atoms with Crippen LogP contribution in [0.2, 0.25) is 0 Å². The van der Waals surface area contributed by atoms with Crippen molar-refractivity contribution in [2.24, 2.45) is 0 Å². The monoisotopic (exact) mass is 260 g/mol. The van der Waals surface area contributed by atoms with Crippen molar-refractivity contribution in [3.8, 4) is 0 Å². The molecule has 0 radical (unpaired) electrons. The zero-order valence-corrected chi connectivity index (χ0v) is 8.89. The number of hydrogen-bond acceptors (Lipinski definition) is 3. The summed E-state index contributed by atoms with van der Waals surface area (Å²) in [6.07, 6.45) is 0. The first kappa shape index (κ1) is 13.0. The van der Waals surface area contributed by atoms with Crippen LogP contribution >= 0.6 is 0 Å². The maximum atomic E-state index is 12.9. The molecule has 0 atom stereocenters. The van der Waals surface area contributed by atoms with Gasteiger partial charge in [0.15, 0.2) is 23.3 Å². The van der Waals surface area contributed by atoms with Crippen LogP contribution in [0, 0.1) is 29.1 Å². The van der Waals surface area contributed by atoms with Gasteiger partial charge in [-0.25, -0.2) is 22.0 Å². The maximum Gasteiger partial charge on any atom is 0.256 e. The van der Waals surface area contributed by atoms with Crippen LogP contribution in [0.15, 0.2) is 0 Å². The Labute approximate surface area is 88.0 Å². The Bertz CT molecular complexity index is 382. The third-order valence-electron chi connectivity index (χ3n) is 1.68. The predicted molar refractivity (Wildman–Crippen MR) is 43.7 cm³/mol. The molecule has 0 aliphatic rings. The SMILES string of the molecule is OC(O)O[SiH2]c1c(F)c(F)c(F)c(F)c1F. The topological polar surface area (TPSA) is 49.7 Å². The quantitative estimate of drug-likeness (QED) is 0.250. The summed E-state index contributed by atoms with van der Waals surface area (Å²) in [5.41, 5.74) is 0. The molecule has 1 rings (SSSR count). The fourth-order valence-electron chi connectivity index (χ4n) is 0.935. The van der Waals surface area contributed by atoms with Crippen LogP contribution < -0.4 is 5.19 Å². The summed E-state index contributed by atoms with van der Waals surface area (Å²) in [7, 11) is -2.47. The summed E-state index contributed by atoms with van der Waals surface area (Å²) >= 11 is 0. The molecule has 0 amide bonds. The number of rotatable bonds is 3. The van der Waals surface area contributed by atoms with Crippen LogP contribution in [0.4, 0.5) is 22.0 Å². The molecule has 1 aromatic carbocycles. The number of aliphatic hydroxyl groups is 2. The minimum absolute atomic E-state index is 1.13. The Morgan fingerprint density at radius 2 is 1.19 bits per heavy atom. The molecule has 0 saturated carbocycles. The molecule has 0 aliphatic carbocycles. The van der Waals surface area contributed by atoms with E-state index in [0.717, 1.165) is 0 Å². The number of hydrogen-bond donors (Lipinski definition) is 2. The van der Waals surface area contributed by atoms with Gasteiger partial charge >= 0.3 is 0 Å². The second-order valence-electron chi connectivity index (χ2n) is 2.69. The molecule has 3 nitrogen and oxygen atoms in total. The van der Waals surface area contributed by atoms with Crippen LogP contribution in [0.3, 0.4) is 0 Å². The highest BCUT2D eigenvalue weighted by Crippen LogP contribution is 2.15. The highest BCUT2D eigenvalue weighted by atomic mass is 28.2. The summed E-state index contributed by atoms with van der Waals surface area (Å²) in [6, 6.07) is 0. The van der Waals surface area contributed by atoms with E-state index in [4.69, 9.17) is 10.2 Å². The zero-order valence-electron chi connectivity index (χ0n) is 7.48. The molecule has 16 heavy (non-hydrogen) atoms. The third-order valence-corrected chi connectivity index (χ3v) is 3.05. The molecule has 0 spiro atoms. The maximum absolute atomic E-state index is 12.9. The summed E-state index contributed by atoms with van der Waals surface area (Å²) < 4.78 is 67.7. The van der Waals surface area contributed by atoms with E-state index < -0.39 is 50.5 Å². The largest absolute Gasteiger partial charge is 0.373 e. The lowest BCUT2D eigenvalue weighted by Gasteiger charge is -2.09. The molecule has 0 unspecified atom stereocenters. The molecule has 0 saturated heterocycles. The van der Waals surface area contributed by atoms with Gasteiger partial charge in [-0.05, 0) is 0 Å². The van der Waals surface area contributed by atoms with Gasteiger partial charge in [-0.2, -0.15) is 0 Å². The molecule has 0 aliphatic heterocycles. The van der Waals surface area contributed by atoms with Gasteiger partial charge in [0.2, 0.25) is 15.6 Å². The van der Waals surface area contributed by atoms with Gasteiger partial charge in [0.25, 0.3) is 6.48 Å². The van der Waals surface area contributed by atoms with Gasteiger partial charge in [-0.15, -0.1) is 0 Å². The summed E-state index contributed by atoms with van der Waals surface area (Å²) in [4.78, 5) is 0. The van der Waals surface area contributed by atoms with Crippen LogP contribution in [0.5, 0.6) is 0 Å². The number of benzene rings is 1. The second-order valence-corrected chi connectivity index (χ2v) is 4.01. The summed E-state index contributed by atoms with van der Waals surface area (Å²) in [6.45, 7) is -2.32. The molecule has 0 bridgehead atoms. The van der Waals surface area contributed by atoms with E-state index in [0.29, 0.717) is 0 Å². The Hall–Kier alpha value is -1.03. The highest BCUT2D eigenvalue weighted by molar-refractivity contribution is 6.47. The number of halogens is 5. The number of aliphatic hydroxyl groups excluding tert-OH is 1. The Morgan fingerprint density at radius 1 is 0.812 bits per heavy atom. The normalized spacial score (nSPS) is 12.0. The Morgan fingerprint density at radius 3 is 1.56 bits per heavy atom. The van der Waals surface area contributed by atoms with E-state index in [2.05, 4.69) is 4.43 Å². The van der Waals surface area contributed by atoms with Gasteiger partial charge in [0, 0.05) is 5.19 Å². The van der Waals surface area contributed by atoms with Crippen molar-refractivity contribution < 1.29 is 36.6 Å². The smallest absolute Gasteiger partial charge is 0.256 e. The molecule has 0 aromatic heterocycles. The second kappa shape index (κ2) is 4.87. The average molecular weight is 260 g/mol. The van der Waals surface area contributed by atoms with Crippen molar-refractivity contribution in [2.75, 3.05) is 0 Å². The minimum atomic E-state index is -2.47. The molecule has 2 N–H and O–H groups in total. The lowest BCUT2D eigenvalue weighted by atomic mass is 10.3. The highest BCUT2D eigenvalue weighted by Gasteiger charge is 2.26. The first-order valence-electron chi connectivity index (χ1n) is 3.84. The molecular weight excluding hydrogens is 255 g/mol. The molecule has 90 valence electrons. The van der Waals surface area contributed by atoms with E-state index in [1.54, 1.807) is 0 Å². The van der Waals surface area contributed by atoms with Crippen LogP contribution in [0.1, 0.15) is 0 Å². The molecule has 1 aromatic rings. The Balaban J connectivity index is 3.18. The van der Waals surface area contributed by atoms with E-state index in [1.807, 2.05) is 0 Å². The van der Waals surface area contributed by atoms with E-state index in [1.165, 1.54) is 0 Å². The zero-order chi connectivity index (χ0) is 12.5. The molecule has 0 heterocycles. The van der Waals surface area contributed by atoms with Gasteiger partial charge in [-0.1, -0.05) is 0 Å². The van der Waals surface area contributed by atoms with Crippen molar-refractivity contribution in [1.29, 1.82) is 0 Å². The van der Waals surface area contributed by atoms with Gasteiger partial charge < -0.3 is 14.6 Å². The van der Waals surface area contributed by atoms with Gasteiger partial charge in [0.05, 0.1) is 0 Å². The molecule has 0 fully saturated rings. The van der Waals surface area contributed by atoms with Crippen LogP contribution in [0.25, 0.3) is 0 Å². The average Bonchev–Trinajstić information content (AvgIpc) is 2.23. The first-order chi connectivity index (χ1) is 7.36. The molecular formula is C7H5F5O3Si. The van der Waals surface area contributed by atoms with Crippen molar-refractivity contribution >= 4 is 14.9 Å². The minimum Gasteiger partial charge on any atom is -0.373 e. The van der Waals surface area contributed by atoms with Crippen molar-refractivity contribution in [1.82, 2.24) is 0 Å². The van der Waals surface area contributed by atoms with E-state index in [-0.39, 0.29) is 0 Å². The van der Waals surface area contributed by atoms with Crippen molar-refractivity contribution in [3.63, 3.8) is 0 Å². The van der Waals surface area contributed by atoms with E-state index >= 15 is 0 Å². The fraction of sp³-hybridized carbons (Fsp3) is 0.143.